The highest BCUT2D eigenvalue weighted by Crippen LogP contribution is 2.23. The van der Waals surface area contributed by atoms with E-state index in [1.54, 1.807) is 10.9 Å². The molecule has 1 aromatic carbocycles. The number of hydrogen-bond donors (Lipinski definition) is 4. The molecule has 6 N–H and O–H groups in total. The molecule has 152 valence electrons. The van der Waals surface area contributed by atoms with E-state index in [0.717, 1.165) is 5.56 Å². The predicted molar refractivity (Wildman–Crippen MR) is 105 cm³/mol. The fourth-order valence-electron chi connectivity index (χ4n) is 2.38. The van der Waals surface area contributed by atoms with Crippen molar-refractivity contribution in [3.8, 4) is 17.0 Å². The molecular formula is C19H22N6O4. The van der Waals surface area contributed by atoms with Crippen LogP contribution in [0, 0.1) is 13.8 Å². The monoisotopic (exact) mass is 398 g/mol. The van der Waals surface area contributed by atoms with Gasteiger partial charge in [-0.3, -0.25) is 9.59 Å². The second-order valence-corrected chi connectivity index (χ2v) is 6.27. The summed E-state index contributed by atoms with van der Waals surface area (Å²) in [7, 11) is 0. The summed E-state index contributed by atoms with van der Waals surface area (Å²) in [6.07, 6.45) is 3.19. The fourth-order valence-corrected chi connectivity index (χ4v) is 2.38. The minimum atomic E-state index is -0.968. The summed E-state index contributed by atoms with van der Waals surface area (Å²) in [6, 6.07) is 7.65. The van der Waals surface area contributed by atoms with Gasteiger partial charge in [0, 0.05) is 11.8 Å². The second-order valence-electron chi connectivity index (χ2n) is 6.27. The van der Waals surface area contributed by atoms with Gasteiger partial charge in [0.15, 0.2) is 5.69 Å². The summed E-state index contributed by atoms with van der Waals surface area (Å²) < 4.78 is 1.71. The van der Waals surface area contributed by atoms with Gasteiger partial charge in [0.25, 0.3) is 5.91 Å². The van der Waals surface area contributed by atoms with Crippen LogP contribution in [-0.4, -0.2) is 48.6 Å². The Bertz CT molecular complexity index is 1030. The second kappa shape index (κ2) is 9.42. The van der Waals surface area contributed by atoms with Gasteiger partial charge in [-0.1, -0.05) is 23.4 Å². The topological polar surface area (TPSA) is 170 Å². The lowest BCUT2D eigenvalue weighted by molar-refractivity contribution is -0.135. The maximum atomic E-state index is 11.1. The number of aliphatic carboxylic acids is 1. The Morgan fingerprint density at radius 1 is 1.17 bits per heavy atom. The Kier molecular flexibility index (Phi) is 6.99. The first kappa shape index (κ1) is 21.5. The standard InChI is InChI=1S/C17H17N5O2.C2H5NO2/c1-10-3-4-12(5-11(10)2)8-22-9-14(20-21-22)13-6-15(23)16(17(18)24)19-7-13;3-1-2(4)5/h3-7,9,23H,8H2,1-2H3,(H2,18,24);1,3H2,(H,4,5). The number of hydrogen-bond acceptors (Lipinski definition) is 7. The first-order valence-electron chi connectivity index (χ1n) is 8.58. The van der Waals surface area contributed by atoms with Crippen molar-refractivity contribution in [2.75, 3.05) is 6.54 Å². The van der Waals surface area contributed by atoms with E-state index in [9.17, 15) is 14.7 Å². The number of carbonyl (C=O) groups excluding carboxylic acids is 1. The van der Waals surface area contributed by atoms with Gasteiger partial charge < -0.3 is 21.7 Å². The lowest BCUT2D eigenvalue weighted by Gasteiger charge is -2.05. The van der Waals surface area contributed by atoms with E-state index in [4.69, 9.17) is 10.8 Å². The molecule has 2 heterocycles. The zero-order chi connectivity index (χ0) is 21.6. The first-order chi connectivity index (χ1) is 13.7. The Morgan fingerprint density at radius 2 is 1.86 bits per heavy atom. The SMILES string of the molecule is Cc1ccc(Cn2cc(-c3cnc(C(N)=O)c(O)c3)nn2)cc1C.NCC(=O)O. The molecule has 0 fully saturated rings. The number of carboxylic acid groups (broad SMARTS) is 1. The minimum Gasteiger partial charge on any atom is -0.505 e. The van der Waals surface area contributed by atoms with Gasteiger partial charge in [-0.2, -0.15) is 0 Å². The van der Waals surface area contributed by atoms with E-state index in [1.807, 2.05) is 0 Å². The Morgan fingerprint density at radius 3 is 2.41 bits per heavy atom. The maximum Gasteiger partial charge on any atom is 0.317 e. The molecule has 29 heavy (non-hydrogen) atoms. The van der Waals surface area contributed by atoms with E-state index in [0.29, 0.717) is 17.8 Å². The van der Waals surface area contributed by atoms with Gasteiger partial charge in [-0.15, -0.1) is 5.10 Å². The number of carbonyl (C=O) groups is 2. The molecule has 0 aliphatic rings. The number of pyridine rings is 1. The summed E-state index contributed by atoms with van der Waals surface area (Å²) in [6.45, 7) is 4.45. The highest BCUT2D eigenvalue weighted by Gasteiger charge is 2.12. The summed E-state index contributed by atoms with van der Waals surface area (Å²) in [5.74, 6) is -2.02. The Labute approximate surface area is 166 Å². The maximum absolute atomic E-state index is 11.1. The quantitative estimate of drug-likeness (QED) is 0.490. The summed E-state index contributed by atoms with van der Waals surface area (Å²) in [5, 5.41) is 25.6. The smallest absolute Gasteiger partial charge is 0.317 e. The molecule has 0 spiro atoms. The van der Waals surface area contributed by atoms with Gasteiger partial charge in [0.05, 0.1) is 19.3 Å². The molecule has 0 saturated carbocycles. The van der Waals surface area contributed by atoms with E-state index in [2.05, 4.69) is 53.1 Å². The highest BCUT2D eigenvalue weighted by atomic mass is 16.4. The first-order valence-corrected chi connectivity index (χ1v) is 8.58. The van der Waals surface area contributed by atoms with Crippen molar-refractivity contribution >= 4 is 11.9 Å². The third-order valence-electron chi connectivity index (χ3n) is 4.03. The van der Waals surface area contributed by atoms with Gasteiger partial charge in [0.1, 0.15) is 11.4 Å². The molecule has 0 unspecified atom stereocenters. The van der Waals surface area contributed by atoms with E-state index in [-0.39, 0.29) is 18.0 Å². The van der Waals surface area contributed by atoms with Crippen LogP contribution in [0.4, 0.5) is 0 Å². The molecular weight excluding hydrogens is 376 g/mol. The molecule has 3 rings (SSSR count). The van der Waals surface area contributed by atoms with Gasteiger partial charge in [0.2, 0.25) is 0 Å². The summed E-state index contributed by atoms with van der Waals surface area (Å²) in [4.78, 5) is 24.2. The van der Waals surface area contributed by atoms with Crippen LogP contribution >= 0.6 is 0 Å². The summed E-state index contributed by atoms with van der Waals surface area (Å²) in [5.41, 5.74) is 14.2. The Hall–Kier alpha value is -3.79. The number of benzene rings is 1. The van der Waals surface area contributed by atoms with Gasteiger partial charge in [-0.05, 0) is 36.6 Å². The molecule has 10 heteroatoms. The van der Waals surface area contributed by atoms with Crippen molar-refractivity contribution in [3.05, 3.63) is 59.0 Å². The van der Waals surface area contributed by atoms with Crippen molar-refractivity contribution in [3.63, 3.8) is 0 Å². The molecule has 10 nitrogen and oxygen atoms in total. The van der Waals surface area contributed by atoms with E-state index >= 15 is 0 Å². The molecule has 0 aliphatic carbocycles. The van der Waals surface area contributed by atoms with Crippen LogP contribution in [0.5, 0.6) is 5.75 Å². The lowest BCUT2D eigenvalue weighted by Crippen LogP contribution is -2.13. The van der Waals surface area contributed by atoms with Crippen LogP contribution in [0.2, 0.25) is 0 Å². The van der Waals surface area contributed by atoms with E-state index < -0.39 is 11.9 Å². The number of amides is 1. The number of primary amides is 1. The van der Waals surface area contributed by atoms with Crippen LogP contribution in [0.3, 0.4) is 0 Å². The molecule has 2 aromatic heterocycles. The average molecular weight is 398 g/mol. The molecule has 1 amide bonds. The number of nitrogens with zero attached hydrogens (tertiary/aromatic N) is 4. The summed E-state index contributed by atoms with van der Waals surface area (Å²) >= 11 is 0. The van der Waals surface area contributed by atoms with Crippen LogP contribution in [0.15, 0.2) is 36.7 Å². The lowest BCUT2D eigenvalue weighted by atomic mass is 10.1. The number of carboxylic acids is 1. The van der Waals surface area contributed by atoms with Gasteiger partial charge >= 0.3 is 5.97 Å². The van der Waals surface area contributed by atoms with Crippen LogP contribution in [-0.2, 0) is 11.3 Å². The van der Waals surface area contributed by atoms with Crippen molar-refractivity contribution in [1.29, 1.82) is 0 Å². The molecule has 0 saturated heterocycles. The van der Waals surface area contributed by atoms with Crippen LogP contribution < -0.4 is 11.5 Å². The zero-order valence-electron chi connectivity index (χ0n) is 16.0. The van der Waals surface area contributed by atoms with Crippen molar-refractivity contribution < 1.29 is 19.8 Å². The highest BCUT2D eigenvalue weighted by molar-refractivity contribution is 5.93. The van der Waals surface area contributed by atoms with Crippen molar-refractivity contribution in [2.45, 2.75) is 20.4 Å². The largest absolute Gasteiger partial charge is 0.505 e. The fraction of sp³-hybridized carbons (Fsp3) is 0.211. The number of rotatable bonds is 5. The number of aromatic hydroxyl groups is 1. The third kappa shape index (κ3) is 5.84. The zero-order valence-corrected chi connectivity index (χ0v) is 16.0. The van der Waals surface area contributed by atoms with E-state index in [1.165, 1.54) is 23.4 Å². The van der Waals surface area contributed by atoms with Crippen molar-refractivity contribution in [2.24, 2.45) is 11.5 Å². The van der Waals surface area contributed by atoms with Crippen LogP contribution in [0.1, 0.15) is 27.2 Å². The minimum absolute atomic E-state index is 0.165. The van der Waals surface area contributed by atoms with Crippen molar-refractivity contribution in [1.82, 2.24) is 20.0 Å². The predicted octanol–water partition coefficient (Wildman–Crippen LogP) is 0.839. The number of aromatic nitrogens is 4. The van der Waals surface area contributed by atoms with Gasteiger partial charge in [-0.25, -0.2) is 9.67 Å². The normalized spacial score (nSPS) is 10.2. The molecule has 0 aliphatic heterocycles. The number of nitrogens with two attached hydrogens (primary N) is 2. The Balaban J connectivity index is 0.000000537. The molecule has 0 atom stereocenters. The van der Waals surface area contributed by atoms with Crippen LogP contribution in [0.25, 0.3) is 11.3 Å². The number of aryl methyl sites for hydroxylation is 2. The third-order valence-corrected chi connectivity index (χ3v) is 4.03. The average Bonchev–Trinajstić information content (AvgIpc) is 3.13. The molecule has 0 bridgehead atoms. The molecule has 3 aromatic rings. The molecule has 0 radical (unpaired) electrons.